The van der Waals surface area contributed by atoms with Crippen molar-refractivity contribution in [1.29, 1.82) is 0 Å². The summed E-state index contributed by atoms with van der Waals surface area (Å²) in [5.74, 6) is 0.619. The highest BCUT2D eigenvalue weighted by Gasteiger charge is 2.20. The third kappa shape index (κ3) is 4.31. The Morgan fingerprint density at radius 2 is 1.83 bits per heavy atom. The highest BCUT2D eigenvalue weighted by molar-refractivity contribution is 6.04. The van der Waals surface area contributed by atoms with E-state index in [9.17, 15) is 9.59 Å². The van der Waals surface area contributed by atoms with Crippen LogP contribution in [0.25, 0.3) is 10.8 Å². The molecular formula is C23H27N3O3. The number of carbonyl (C=O) groups excluding carboxylic acids is 1. The maximum atomic E-state index is 13.1. The van der Waals surface area contributed by atoms with Crippen molar-refractivity contribution in [1.82, 2.24) is 15.1 Å². The number of amides is 1. The van der Waals surface area contributed by atoms with Crippen LogP contribution in [-0.2, 0) is 6.54 Å². The normalized spacial score (nSPS) is 12.2. The fourth-order valence-corrected chi connectivity index (χ4v) is 3.41. The first-order valence-corrected chi connectivity index (χ1v) is 9.77. The van der Waals surface area contributed by atoms with Crippen LogP contribution in [0.2, 0.25) is 0 Å². The van der Waals surface area contributed by atoms with Crippen LogP contribution in [0.3, 0.4) is 0 Å². The number of methoxy groups -OCH3 is 1. The van der Waals surface area contributed by atoms with Gasteiger partial charge < -0.3 is 10.1 Å². The van der Waals surface area contributed by atoms with Crippen molar-refractivity contribution in [3.05, 3.63) is 69.6 Å². The van der Waals surface area contributed by atoms with Crippen LogP contribution >= 0.6 is 0 Å². The van der Waals surface area contributed by atoms with Gasteiger partial charge in [-0.15, -0.1) is 0 Å². The molecule has 1 N–H and O–H groups in total. The number of aromatic nitrogens is 2. The zero-order valence-corrected chi connectivity index (χ0v) is 17.5. The molecule has 3 aromatic rings. The smallest absolute Gasteiger partial charge is 0.274 e. The number of rotatable bonds is 6. The zero-order chi connectivity index (χ0) is 21.1. The van der Waals surface area contributed by atoms with Crippen LogP contribution < -0.4 is 15.6 Å². The number of fused-ring (bicyclic) bond motifs is 1. The summed E-state index contributed by atoms with van der Waals surface area (Å²) in [6, 6.07) is 12.7. The van der Waals surface area contributed by atoms with Gasteiger partial charge in [0.25, 0.3) is 11.5 Å². The number of nitrogens with one attached hydrogen (secondary N) is 1. The average molecular weight is 393 g/mol. The fourth-order valence-electron chi connectivity index (χ4n) is 3.41. The number of hydrogen-bond donors (Lipinski definition) is 1. The van der Waals surface area contributed by atoms with E-state index in [4.69, 9.17) is 4.74 Å². The second-order valence-corrected chi connectivity index (χ2v) is 7.72. The molecule has 0 aliphatic heterocycles. The van der Waals surface area contributed by atoms with Gasteiger partial charge in [-0.3, -0.25) is 9.59 Å². The molecule has 0 saturated carbocycles. The van der Waals surface area contributed by atoms with Crippen molar-refractivity contribution in [2.45, 2.75) is 40.3 Å². The Morgan fingerprint density at radius 3 is 2.48 bits per heavy atom. The Hall–Kier alpha value is -3.15. The van der Waals surface area contributed by atoms with Crippen LogP contribution in [0, 0.1) is 12.8 Å². The Morgan fingerprint density at radius 1 is 1.14 bits per heavy atom. The van der Waals surface area contributed by atoms with Crippen molar-refractivity contribution >= 4 is 16.7 Å². The number of carbonyl (C=O) groups is 1. The summed E-state index contributed by atoms with van der Waals surface area (Å²) >= 11 is 0. The van der Waals surface area contributed by atoms with Gasteiger partial charge in [0, 0.05) is 17.5 Å². The lowest BCUT2D eigenvalue weighted by Crippen LogP contribution is -2.33. The molecule has 0 aliphatic carbocycles. The molecule has 0 spiro atoms. The molecule has 0 fully saturated rings. The van der Waals surface area contributed by atoms with Gasteiger partial charge in [-0.1, -0.05) is 49.7 Å². The molecule has 0 unspecified atom stereocenters. The third-order valence-corrected chi connectivity index (χ3v) is 4.82. The van der Waals surface area contributed by atoms with Crippen LogP contribution in [-0.4, -0.2) is 22.8 Å². The minimum absolute atomic E-state index is 0.181. The molecule has 3 rings (SSSR count). The van der Waals surface area contributed by atoms with Gasteiger partial charge in [-0.2, -0.15) is 5.10 Å². The molecule has 152 valence electrons. The van der Waals surface area contributed by atoms with Crippen LogP contribution in [0.15, 0.2) is 47.3 Å². The van der Waals surface area contributed by atoms with E-state index >= 15 is 0 Å². The summed E-state index contributed by atoms with van der Waals surface area (Å²) in [4.78, 5) is 25.9. The number of nitrogens with zero attached hydrogens (tertiary/aromatic N) is 2. The van der Waals surface area contributed by atoms with E-state index in [0.29, 0.717) is 23.1 Å². The number of aryl methyl sites for hydroxylation is 1. The molecule has 0 bridgehead atoms. The van der Waals surface area contributed by atoms with Gasteiger partial charge in [0.1, 0.15) is 5.75 Å². The number of hydrogen-bond acceptors (Lipinski definition) is 4. The summed E-state index contributed by atoms with van der Waals surface area (Å²) < 4.78 is 6.83. The Bertz CT molecular complexity index is 1100. The highest BCUT2D eigenvalue weighted by atomic mass is 16.5. The Kier molecular flexibility index (Phi) is 6.01. The summed E-state index contributed by atoms with van der Waals surface area (Å²) in [5, 5.41) is 8.47. The molecule has 0 radical (unpaired) electrons. The second kappa shape index (κ2) is 8.47. The van der Waals surface area contributed by atoms with Gasteiger partial charge in [0.2, 0.25) is 0 Å². The summed E-state index contributed by atoms with van der Waals surface area (Å²) in [7, 11) is 1.61. The molecule has 0 aliphatic rings. The lowest BCUT2D eigenvalue weighted by atomic mass is 10.0. The van der Waals surface area contributed by atoms with E-state index in [1.165, 1.54) is 4.68 Å². The van der Waals surface area contributed by atoms with Crippen molar-refractivity contribution in [2.75, 3.05) is 7.11 Å². The molecule has 1 atom stereocenters. The maximum Gasteiger partial charge on any atom is 0.274 e. The van der Waals surface area contributed by atoms with E-state index in [2.05, 4.69) is 10.4 Å². The van der Waals surface area contributed by atoms with Crippen LogP contribution in [0.5, 0.6) is 5.75 Å². The van der Waals surface area contributed by atoms with Gasteiger partial charge in [-0.25, -0.2) is 4.68 Å². The average Bonchev–Trinajstić information content (AvgIpc) is 2.69. The van der Waals surface area contributed by atoms with E-state index in [1.807, 2.05) is 45.9 Å². The molecule has 1 amide bonds. The van der Waals surface area contributed by atoms with Crippen molar-refractivity contribution in [3.8, 4) is 5.75 Å². The standard InChI is InChI=1S/C23H27N3O3/c1-14(2)13-26-23(28)18-9-7-6-8-17(18)21(25-26)22(27)24-16(4)19-12-15(3)10-11-20(19)29-5/h6-12,14,16H,13H2,1-5H3,(H,24,27)/t16-/m1/s1. The highest BCUT2D eigenvalue weighted by Crippen LogP contribution is 2.26. The van der Waals surface area contributed by atoms with Crippen LogP contribution in [0.4, 0.5) is 0 Å². The summed E-state index contributed by atoms with van der Waals surface area (Å²) in [6.07, 6.45) is 0. The van der Waals surface area contributed by atoms with E-state index in [1.54, 1.807) is 31.4 Å². The van der Waals surface area contributed by atoms with Crippen molar-refractivity contribution in [3.63, 3.8) is 0 Å². The topological polar surface area (TPSA) is 73.2 Å². The molecule has 29 heavy (non-hydrogen) atoms. The monoisotopic (exact) mass is 393 g/mol. The molecule has 1 aromatic heterocycles. The molecule has 1 heterocycles. The SMILES string of the molecule is COc1ccc(C)cc1[C@@H](C)NC(=O)c1nn(CC(C)C)c(=O)c2ccccc12. The van der Waals surface area contributed by atoms with Gasteiger partial charge in [0.05, 0.1) is 18.5 Å². The van der Waals surface area contributed by atoms with Crippen molar-refractivity contribution < 1.29 is 9.53 Å². The lowest BCUT2D eigenvalue weighted by molar-refractivity contribution is 0.0933. The summed E-state index contributed by atoms with van der Waals surface area (Å²) in [6.45, 7) is 8.37. The maximum absolute atomic E-state index is 13.1. The molecule has 6 nitrogen and oxygen atoms in total. The molecule has 2 aromatic carbocycles. The predicted molar refractivity (Wildman–Crippen MR) is 114 cm³/mol. The summed E-state index contributed by atoms with van der Waals surface area (Å²) in [5.41, 5.74) is 2.04. The number of benzene rings is 2. The lowest BCUT2D eigenvalue weighted by Gasteiger charge is -2.19. The van der Waals surface area contributed by atoms with Crippen LogP contribution in [0.1, 0.15) is 48.4 Å². The number of ether oxygens (including phenoxy) is 1. The van der Waals surface area contributed by atoms with E-state index in [-0.39, 0.29) is 29.1 Å². The quantitative estimate of drug-likeness (QED) is 0.690. The molecule has 0 saturated heterocycles. The Balaban J connectivity index is 2.02. The minimum Gasteiger partial charge on any atom is -0.496 e. The Labute approximate surface area is 170 Å². The first-order chi connectivity index (χ1) is 13.8. The largest absolute Gasteiger partial charge is 0.496 e. The fraction of sp³-hybridized carbons (Fsp3) is 0.348. The predicted octanol–water partition coefficient (Wildman–Crippen LogP) is 3.86. The van der Waals surface area contributed by atoms with Crippen molar-refractivity contribution in [2.24, 2.45) is 5.92 Å². The minimum atomic E-state index is -0.324. The third-order valence-electron chi connectivity index (χ3n) is 4.82. The van der Waals surface area contributed by atoms with Gasteiger partial charge in [-0.05, 0) is 31.9 Å². The van der Waals surface area contributed by atoms with E-state index < -0.39 is 0 Å². The van der Waals surface area contributed by atoms with Gasteiger partial charge in [0.15, 0.2) is 5.69 Å². The van der Waals surface area contributed by atoms with E-state index in [0.717, 1.165) is 11.1 Å². The first-order valence-electron chi connectivity index (χ1n) is 9.77. The van der Waals surface area contributed by atoms with Gasteiger partial charge >= 0.3 is 0 Å². The zero-order valence-electron chi connectivity index (χ0n) is 17.5. The molecule has 6 heteroatoms. The molecular weight excluding hydrogens is 366 g/mol. The second-order valence-electron chi connectivity index (χ2n) is 7.72. The first kappa shape index (κ1) is 20.6.